The van der Waals surface area contributed by atoms with E-state index in [1.807, 2.05) is 18.2 Å². The number of halogens is 1. The van der Waals surface area contributed by atoms with Crippen LogP contribution in [-0.2, 0) is 4.79 Å². The Kier molecular flexibility index (Phi) is 6.05. The lowest BCUT2D eigenvalue weighted by Crippen LogP contribution is -2.11. The van der Waals surface area contributed by atoms with E-state index in [9.17, 15) is 4.79 Å². The van der Waals surface area contributed by atoms with Gasteiger partial charge in [0.1, 0.15) is 5.75 Å². The van der Waals surface area contributed by atoms with Gasteiger partial charge in [-0.2, -0.15) is 0 Å². The van der Waals surface area contributed by atoms with Crippen molar-refractivity contribution in [1.29, 1.82) is 0 Å². The fourth-order valence-electron chi connectivity index (χ4n) is 1.53. The minimum absolute atomic E-state index is 0.0369. The maximum absolute atomic E-state index is 11.7. The first-order valence-electron chi connectivity index (χ1n) is 5.80. The Bertz CT molecular complexity index is 380. The molecule has 0 heterocycles. The van der Waals surface area contributed by atoms with Gasteiger partial charge in [0, 0.05) is 10.9 Å². The molecule has 1 rings (SSSR count). The van der Waals surface area contributed by atoms with Gasteiger partial charge in [0.2, 0.25) is 5.91 Å². The summed E-state index contributed by atoms with van der Waals surface area (Å²) in [6.07, 6.45) is 3.69. The molecule has 1 aromatic carbocycles. The molecule has 0 spiro atoms. The first-order valence-corrected chi connectivity index (χ1v) is 6.60. The van der Waals surface area contributed by atoms with E-state index in [-0.39, 0.29) is 5.91 Å². The second-order valence-electron chi connectivity index (χ2n) is 3.85. The van der Waals surface area contributed by atoms with Crippen LogP contribution in [0.15, 0.2) is 22.7 Å². The Labute approximate surface area is 111 Å². The van der Waals surface area contributed by atoms with Crippen molar-refractivity contribution < 1.29 is 9.53 Å². The van der Waals surface area contributed by atoms with Crippen LogP contribution >= 0.6 is 15.9 Å². The molecule has 0 aliphatic heterocycles. The van der Waals surface area contributed by atoms with Gasteiger partial charge in [-0.15, -0.1) is 0 Å². The molecular formula is C13H18BrNO2. The highest BCUT2D eigenvalue weighted by molar-refractivity contribution is 9.10. The quantitative estimate of drug-likeness (QED) is 0.807. The molecule has 0 saturated carbocycles. The Balaban J connectivity index is 2.60. The largest absolute Gasteiger partial charge is 0.495 e. The zero-order valence-electron chi connectivity index (χ0n) is 10.3. The maximum Gasteiger partial charge on any atom is 0.224 e. The van der Waals surface area contributed by atoms with Crippen molar-refractivity contribution in [2.24, 2.45) is 0 Å². The van der Waals surface area contributed by atoms with Gasteiger partial charge in [-0.05, 0) is 24.6 Å². The molecule has 1 aromatic rings. The van der Waals surface area contributed by atoms with Crippen LogP contribution in [-0.4, -0.2) is 13.0 Å². The van der Waals surface area contributed by atoms with Crippen LogP contribution in [0.5, 0.6) is 5.75 Å². The van der Waals surface area contributed by atoms with Crippen molar-refractivity contribution in [3.63, 3.8) is 0 Å². The molecular weight excluding hydrogens is 282 g/mol. The summed E-state index contributed by atoms with van der Waals surface area (Å²) in [4.78, 5) is 11.7. The molecule has 0 saturated heterocycles. The third-order valence-corrected chi connectivity index (χ3v) is 2.94. The summed E-state index contributed by atoms with van der Waals surface area (Å²) in [5.41, 5.74) is 0.711. The second-order valence-corrected chi connectivity index (χ2v) is 4.77. The maximum atomic E-state index is 11.7. The van der Waals surface area contributed by atoms with Crippen molar-refractivity contribution in [3.8, 4) is 5.75 Å². The van der Waals surface area contributed by atoms with Crippen LogP contribution in [0.25, 0.3) is 0 Å². The number of rotatable bonds is 6. The van der Waals surface area contributed by atoms with E-state index in [4.69, 9.17) is 4.74 Å². The van der Waals surface area contributed by atoms with Crippen molar-refractivity contribution in [1.82, 2.24) is 0 Å². The molecule has 1 amide bonds. The molecule has 0 radical (unpaired) electrons. The van der Waals surface area contributed by atoms with Crippen LogP contribution in [0.4, 0.5) is 5.69 Å². The normalized spacial score (nSPS) is 10.1. The molecule has 1 N–H and O–H groups in total. The number of amides is 1. The van der Waals surface area contributed by atoms with E-state index in [0.717, 1.165) is 23.7 Å². The molecule has 0 unspecified atom stereocenters. The lowest BCUT2D eigenvalue weighted by Gasteiger charge is -2.10. The number of hydrogen-bond donors (Lipinski definition) is 1. The molecule has 0 aliphatic carbocycles. The fourth-order valence-corrected chi connectivity index (χ4v) is 1.89. The van der Waals surface area contributed by atoms with Crippen molar-refractivity contribution in [2.75, 3.05) is 12.4 Å². The summed E-state index contributed by atoms with van der Waals surface area (Å²) in [5, 5.41) is 2.87. The Morgan fingerprint density at radius 2 is 2.18 bits per heavy atom. The number of unbranched alkanes of at least 4 members (excludes halogenated alkanes) is 2. The standard InChI is InChI=1S/C13H18BrNO2/c1-3-4-5-6-13(16)15-11-9-10(14)7-8-12(11)17-2/h7-9H,3-6H2,1-2H3,(H,15,16). The van der Waals surface area contributed by atoms with Gasteiger partial charge >= 0.3 is 0 Å². The summed E-state index contributed by atoms with van der Waals surface area (Å²) in [6, 6.07) is 5.55. The van der Waals surface area contributed by atoms with Gasteiger partial charge in [0.05, 0.1) is 12.8 Å². The van der Waals surface area contributed by atoms with Crippen LogP contribution < -0.4 is 10.1 Å². The van der Waals surface area contributed by atoms with Crippen LogP contribution in [0.2, 0.25) is 0 Å². The number of benzene rings is 1. The number of anilines is 1. The zero-order chi connectivity index (χ0) is 12.7. The summed E-state index contributed by atoms with van der Waals surface area (Å²) >= 11 is 3.37. The summed E-state index contributed by atoms with van der Waals surface area (Å²) < 4.78 is 6.11. The lowest BCUT2D eigenvalue weighted by atomic mass is 10.2. The summed E-state index contributed by atoms with van der Waals surface area (Å²) in [6.45, 7) is 2.12. The van der Waals surface area contributed by atoms with Crippen LogP contribution in [0, 0.1) is 0 Å². The number of methoxy groups -OCH3 is 1. The van der Waals surface area contributed by atoms with Crippen molar-refractivity contribution in [2.45, 2.75) is 32.6 Å². The highest BCUT2D eigenvalue weighted by Gasteiger charge is 2.07. The Morgan fingerprint density at radius 1 is 1.41 bits per heavy atom. The third-order valence-electron chi connectivity index (χ3n) is 2.44. The van der Waals surface area contributed by atoms with Gasteiger partial charge < -0.3 is 10.1 Å². The first kappa shape index (κ1) is 14.0. The minimum Gasteiger partial charge on any atom is -0.495 e. The molecule has 0 bridgehead atoms. The number of carbonyl (C=O) groups is 1. The number of carbonyl (C=O) groups excluding carboxylic acids is 1. The summed E-state index contributed by atoms with van der Waals surface area (Å²) in [5.74, 6) is 0.715. The molecule has 0 aromatic heterocycles. The number of hydrogen-bond acceptors (Lipinski definition) is 2. The fraction of sp³-hybridized carbons (Fsp3) is 0.462. The molecule has 0 fully saturated rings. The van der Waals surface area contributed by atoms with Gasteiger partial charge in [-0.25, -0.2) is 0 Å². The Morgan fingerprint density at radius 3 is 2.82 bits per heavy atom. The SMILES string of the molecule is CCCCCC(=O)Nc1cc(Br)ccc1OC. The number of nitrogens with one attached hydrogen (secondary N) is 1. The number of ether oxygens (including phenoxy) is 1. The molecule has 0 atom stereocenters. The smallest absolute Gasteiger partial charge is 0.224 e. The van der Waals surface area contributed by atoms with E-state index in [1.54, 1.807) is 7.11 Å². The highest BCUT2D eigenvalue weighted by Crippen LogP contribution is 2.28. The van der Waals surface area contributed by atoms with Gasteiger partial charge in [-0.1, -0.05) is 35.7 Å². The zero-order valence-corrected chi connectivity index (χ0v) is 11.8. The van der Waals surface area contributed by atoms with Crippen LogP contribution in [0.1, 0.15) is 32.6 Å². The van der Waals surface area contributed by atoms with Crippen molar-refractivity contribution in [3.05, 3.63) is 22.7 Å². The molecule has 4 heteroatoms. The predicted molar refractivity (Wildman–Crippen MR) is 73.5 cm³/mol. The first-order chi connectivity index (χ1) is 8.17. The topological polar surface area (TPSA) is 38.3 Å². The van der Waals surface area contributed by atoms with Gasteiger partial charge in [0.15, 0.2) is 0 Å². The van der Waals surface area contributed by atoms with Gasteiger partial charge in [-0.3, -0.25) is 4.79 Å². The highest BCUT2D eigenvalue weighted by atomic mass is 79.9. The average molecular weight is 300 g/mol. The monoisotopic (exact) mass is 299 g/mol. The van der Waals surface area contributed by atoms with E-state index in [2.05, 4.69) is 28.2 Å². The third kappa shape index (κ3) is 4.77. The average Bonchev–Trinajstić information content (AvgIpc) is 2.29. The van der Waals surface area contributed by atoms with E-state index >= 15 is 0 Å². The van der Waals surface area contributed by atoms with E-state index in [0.29, 0.717) is 17.9 Å². The van der Waals surface area contributed by atoms with E-state index in [1.165, 1.54) is 0 Å². The van der Waals surface area contributed by atoms with Crippen molar-refractivity contribution >= 4 is 27.5 Å². The second kappa shape index (κ2) is 7.33. The molecule has 0 aliphatic rings. The molecule has 3 nitrogen and oxygen atoms in total. The molecule has 94 valence electrons. The lowest BCUT2D eigenvalue weighted by molar-refractivity contribution is -0.116. The van der Waals surface area contributed by atoms with E-state index < -0.39 is 0 Å². The molecule has 17 heavy (non-hydrogen) atoms. The minimum atomic E-state index is 0.0369. The Hall–Kier alpha value is -1.03. The summed E-state index contributed by atoms with van der Waals surface area (Å²) in [7, 11) is 1.59. The van der Waals surface area contributed by atoms with Gasteiger partial charge in [0.25, 0.3) is 0 Å². The predicted octanol–water partition coefficient (Wildman–Crippen LogP) is 3.98. The van der Waals surface area contributed by atoms with Crippen LogP contribution in [0.3, 0.4) is 0 Å².